The molecular weight excluding hydrogens is 260 g/mol. The second-order valence-electron chi connectivity index (χ2n) is 6.18. The molecule has 0 aliphatic carbocycles. The Bertz CT molecular complexity index is 425. The molecule has 0 fully saturated rings. The Hall–Kier alpha value is -1.35. The van der Waals surface area contributed by atoms with E-state index < -0.39 is 0 Å². The summed E-state index contributed by atoms with van der Waals surface area (Å²) in [5.41, 5.74) is 8.59. The zero-order valence-electron chi connectivity index (χ0n) is 13.9. The summed E-state index contributed by atoms with van der Waals surface area (Å²) in [7, 11) is 1.87. The molecule has 2 N–H and O–H groups in total. The first-order valence-corrected chi connectivity index (χ1v) is 8.01. The van der Waals surface area contributed by atoms with Crippen molar-refractivity contribution in [2.24, 2.45) is 11.7 Å². The maximum absolute atomic E-state index is 12.1. The van der Waals surface area contributed by atoms with Crippen molar-refractivity contribution in [2.45, 2.75) is 52.5 Å². The fraction of sp³-hybridized carbons (Fsp3) is 0.611. The standard InChI is InChI=1S/C18H30N2O/c1-5-15-6-8-16(9-7-15)10-11-18(21)20(4)13-12-17(19)14(2)3/h6-9,14,17H,5,10-13,19H2,1-4H3. The molecule has 1 atom stereocenters. The summed E-state index contributed by atoms with van der Waals surface area (Å²) < 4.78 is 0. The number of amides is 1. The Kier molecular flexibility index (Phi) is 7.44. The number of carbonyl (C=O) groups excluding carboxylic acids is 1. The van der Waals surface area contributed by atoms with Crippen LogP contribution in [0.25, 0.3) is 0 Å². The molecule has 1 aromatic carbocycles. The predicted octanol–water partition coefficient (Wildman–Crippen LogP) is 3.01. The number of carbonyl (C=O) groups is 1. The van der Waals surface area contributed by atoms with Crippen LogP contribution in [0.5, 0.6) is 0 Å². The molecular formula is C18H30N2O. The molecule has 0 bridgehead atoms. The maximum Gasteiger partial charge on any atom is 0.222 e. The first kappa shape index (κ1) is 17.7. The minimum Gasteiger partial charge on any atom is -0.346 e. The van der Waals surface area contributed by atoms with Gasteiger partial charge in [-0.25, -0.2) is 0 Å². The third-order valence-corrected chi connectivity index (χ3v) is 4.14. The summed E-state index contributed by atoms with van der Waals surface area (Å²) in [6, 6.07) is 8.71. The molecule has 0 heterocycles. The summed E-state index contributed by atoms with van der Waals surface area (Å²) in [5.74, 6) is 0.663. The number of nitrogens with zero attached hydrogens (tertiary/aromatic N) is 1. The van der Waals surface area contributed by atoms with Crippen molar-refractivity contribution in [1.29, 1.82) is 0 Å². The van der Waals surface area contributed by atoms with Crippen LogP contribution >= 0.6 is 0 Å². The monoisotopic (exact) mass is 290 g/mol. The van der Waals surface area contributed by atoms with Crippen molar-refractivity contribution in [3.63, 3.8) is 0 Å². The van der Waals surface area contributed by atoms with Crippen molar-refractivity contribution in [3.8, 4) is 0 Å². The molecule has 0 aliphatic rings. The van der Waals surface area contributed by atoms with Gasteiger partial charge in [-0.3, -0.25) is 4.79 Å². The van der Waals surface area contributed by atoms with Gasteiger partial charge in [-0.15, -0.1) is 0 Å². The lowest BCUT2D eigenvalue weighted by Crippen LogP contribution is -2.34. The molecule has 21 heavy (non-hydrogen) atoms. The zero-order valence-corrected chi connectivity index (χ0v) is 13.9. The lowest BCUT2D eigenvalue weighted by atomic mass is 10.0. The molecule has 0 aliphatic heterocycles. The Morgan fingerprint density at radius 2 is 1.76 bits per heavy atom. The minimum atomic E-state index is 0.168. The van der Waals surface area contributed by atoms with E-state index in [1.165, 1.54) is 11.1 Å². The van der Waals surface area contributed by atoms with Crippen LogP contribution in [-0.4, -0.2) is 30.4 Å². The van der Waals surface area contributed by atoms with E-state index in [9.17, 15) is 4.79 Å². The van der Waals surface area contributed by atoms with E-state index in [-0.39, 0.29) is 11.9 Å². The van der Waals surface area contributed by atoms with Crippen LogP contribution in [-0.2, 0) is 17.6 Å². The fourth-order valence-corrected chi connectivity index (χ4v) is 2.18. The third-order valence-electron chi connectivity index (χ3n) is 4.14. The largest absolute Gasteiger partial charge is 0.346 e. The highest BCUT2D eigenvalue weighted by atomic mass is 16.2. The summed E-state index contributed by atoms with van der Waals surface area (Å²) in [6.45, 7) is 7.13. The molecule has 1 aromatic rings. The predicted molar refractivity (Wildman–Crippen MR) is 89.2 cm³/mol. The van der Waals surface area contributed by atoms with Gasteiger partial charge in [0.2, 0.25) is 5.91 Å². The SMILES string of the molecule is CCc1ccc(CCC(=O)N(C)CCC(N)C(C)C)cc1. The van der Waals surface area contributed by atoms with Gasteiger partial charge in [0.15, 0.2) is 0 Å². The van der Waals surface area contributed by atoms with Crippen molar-refractivity contribution in [2.75, 3.05) is 13.6 Å². The number of nitrogens with two attached hydrogens (primary N) is 1. The molecule has 0 aromatic heterocycles. The van der Waals surface area contributed by atoms with Crippen molar-refractivity contribution in [3.05, 3.63) is 35.4 Å². The van der Waals surface area contributed by atoms with E-state index in [2.05, 4.69) is 45.0 Å². The van der Waals surface area contributed by atoms with Gasteiger partial charge in [-0.1, -0.05) is 45.0 Å². The molecule has 1 amide bonds. The van der Waals surface area contributed by atoms with E-state index in [1.807, 2.05) is 11.9 Å². The number of rotatable bonds is 8. The highest BCUT2D eigenvalue weighted by Crippen LogP contribution is 2.09. The average molecular weight is 290 g/mol. The average Bonchev–Trinajstić information content (AvgIpc) is 2.50. The van der Waals surface area contributed by atoms with Crippen molar-refractivity contribution in [1.82, 2.24) is 4.90 Å². The van der Waals surface area contributed by atoms with E-state index >= 15 is 0 Å². The summed E-state index contributed by atoms with van der Waals surface area (Å²) in [6.07, 6.45) is 3.30. The summed E-state index contributed by atoms with van der Waals surface area (Å²) in [5, 5.41) is 0. The lowest BCUT2D eigenvalue weighted by Gasteiger charge is -2.21. The molecule has 0 spiro atoms. The maximum atomic E-state index is 12.1. The van der Waals surface area contributed by atoms with Crippen LogP contribution in [0.1, 0.15) is 44.7 Å². The molecule has 0 radical (unpaired) electrons. The molecule has 3 nitrogen and oxygen atoms in total. The van der Waals surface area contributed by atoms with Crippen molar-refractivity contribution < 1.29 is 4.79 Å². The smallest absolute Gasteiger partial charge is 0.222 e. The van der Waals surface area contributed by atoms with Gasteiger partial charge >= 0.3 is 0 Å². The highest BCUT2D eigenvalue weighted by Gasteiger charge is 2.12. The first-order chi connectivity index (χ1) is 9.93. The van der Waals surface area contributed by atoms with Crippen molar-refractivity contribution >= 4 is 5.91 Å². The van der Waals surface area contributed by atoms with E-state index in [0.717, 1.165) is 25.8 Å². The molecule has 0 saturated heterocycles. The van der Waals surface area contributed by atoms with Gasteiger partial charge in [0.05, 0.1) is 0 Å². The van der Waals surface area contributed by atoms with E-state index in [1.54, 1.807) is 0 Å². The molecule has 3 heteroatoms. The normalized spacial score (nSPS) is 12.5. The van der Waals surface area contributed by atoms with Crippen LogP contribution in [0.3, 0.4) is 0 Å². The first-order valence-electron chi connectivity index (χ1n) is 8.01. The Balaban J connectivity index is 2.34. The van der Waals surface area contributed by atoms with Crippen LogP contribution in [0.2, 0.25) is 0 Å². The minimum absolute atomic E-state index is 0.168. The lowest BCUT2D eigenvalue weighted by molar-refractivity contribution is -0.129. The summed E-state index contributed by atoms with van der Waals surface area (Å²) >= 11 is 0. The van der Waals surface area contributed by atoms with E-state index in [0.29, 0.717) is 12.3 Å². The van der Waals surface area contributed by atoms with Gasteiger partial charge in [-0.05, 0) is 36.3 Å². The fourth-order valence-electron chi connectivity index (χ4n) is 2.18. The number of hydrogen-bond donors (Lipinski definition) is 1. The third kappa shape index (κ3) is 6.30. The molecule has 118 valence electrons. The second kappa shape index (κ2) is 8.83. The topological polar surface area (TPSA) is 46.3 Å². The van der Waals surface area contributed by atoms with Gasteiger partial charge in [0, 0.05) is 26.1 Å². The Labute approximate surface area is 129 Å². The number of aryl methyl sites for hydroxylation is 2. The van der Waals surface area contributed by atoms with Crippen LogP contribution in [0.15, 0.2) is 24.3 Å². The number of benzene rings is 1. The molecule has 1 unspecified atom stereocenters. The van der Waals surface area contributed by atoms with Gasteiger partial charge in [-0.2, -0.15) is 0 Å². The van der Waals surface area contributed by atoms with Gasteiger partial charge < -0.3 is 10.6 Å². The highest BCUT2D eigenvalue weighted by molar-refractivity contribution is 5.76. The van der Waals surface area contributed by atoms with Crippen LogP contribution in [0, 0.1) is 5.92 Å². The second-order valence-corrected chi connectivity index (χ2v) is 6.18. The van der Waals surface area contributed by atoms with Crippen LogP contribution in [0.4, 0.5) is 0 Å². The van der Waals surface area contributed by atoms with Gasteiger partial charge in [0.25, 0.3) is 0 Å². The van der Waals surface area contributed by atoms with E-state index in [4.69, 9.17) is 5.73 Å². The molecule has 0 saturated carbocycles. The molecule has 1 rings (SSSR count). The van der Waals surface area contributed by atoms with Gasteiger partial charge in [0.1, 0.15) is 0 Å². The zero-order chi connectivity index (χ0) is 15.8. The van der Waals surface area contributed by atoms with Crippen LogP contribution < -0.4 is 5.73 Å². The Morgan fingerprint density at radius 3 is 2.29 bits per heavy atom. The Morgan fingerprint density at radius 1 is 1.19 bits per heavy atom. The summed E-state index contributed by atoms with van der Waals surface area (Å²) in [4.78, 5) is 13.9. The quantitative estimate of drug-likeness (QED) is 0.800. The number of hydrogen-bond acceptors (Lipinski definition) is 2.